The Bertz CT molecular complexity index is 557. The molecule has 3 rings (SSSR count). The summed E-state index contributed by atoms with van der Waals surface area (Å²) in [6, 6.07) is 4.42. The maximum Gasteiger partial charge on any atom is 0.227 e. The molecule has 0 aromatic heterocycles. The zero-order valence-corrected chi connectivity index (χ0v) is 13.8. The molecule has 1 N–H and O–H groups in total. The molecule has 0 unspecified atom stereocenters. The molecule has 0 radical (unpaired) electrons. The van der Waals surface area contributed by atoms with Crippen LogP contribution >= 0.6 is 11.6 Å². The third-order valence-electron chi connectivity index (χ3n) is 4.86. The monoisotopic (exact) mass is 340 g/mol. The van der Waals surface area contributed by atoms with Crippen molar-refractivity contribution >= 4 is 17.5 Å². The van der Waals surface area contributed by atoms with Crippen molar-refractivity contribution in [3.8, 4) is 0 Å². The van der Waals surface area contributed by atoms with Gasteiger partial charge in [-0.3, -0.25) is 9.69 Å². The highest BCUT2D eigenvalue weighted by Crippen LogP contribution is 2.24. The smallest absolute Gasteiger partial charge is 0.227 e. The average Bonchev–Trinajstić information content (AvgIpc) is 2.94. The number of aliphatic hydroxyl groups excluding tert-OH is 1. The van der Waals surface area contributed by atoms with E-state index in [9.17, 15) is 14.3 Å². The number of aliphatic hydroxyl groups is 1. The van der Waals surface area contributed by atoms with Crippen LogP contribution < -0.4 is 0 Å². The van der Waals surface area contributed by atoms with E-state index in [1.54, 1.807) is 11.0 Å². The lowest BCUT2D eigenvalue weighted by atomic mass is 10.1. The fraction of sp³-hybridized carbons (Fsp3) is 0.588. The van der Waals surface area contributed by atoms with Gasteiger partial charge in [-0.1, -0.05) is 24.1 Å². The lowest BCUT2D eigenvalue weighted by Crippen LogP contribution is -2.46. The van der Waals surface area contributed by atoms with Gasteiger partial charge in [0.05, 0.1) is 18.6 Å². The van der Waals surface area contributed by atoms with Gasteiger partial charge in [-0.05, 0) is 38.1 Å². The number of carbonyl (C=O) groups excluding carboxylic acids is 1. The predicted molar refractivity (Wildman–Crippen MR) is 86.9 cm³/mol. The average molecular weight is 341 g/mol. The Hall–Kier alpha value is -1.17. The Balaban J connectivity index is 1.64. The summed E-state index contributed by atoms with van der Waals surface area (Å²) < 4.78 is 13.8. The van der Waals surface area contributed by atoms with Crippen molar-refractivity contribution in [3.05, 3.63) is 34.6 Å². The highest BCUT2D eigenvalue weighted by atomic mass is 35.5. The highest BCUT2D eigenvalue weighted by molar-refractivity contribution is 6.31. The second-order valence-corrected chi connectivity index (χ2v) is 6.81. The van der Waals surface area contributed by atoms with E-state index in [2.05, 4.69) is 4.90 Å². The standard InChI is InChI=1S/C17H22ClFN2O2/c18-13-5-4-6-14(19)12(13)9-17(23)21-10-15(16(22)11-21)20-7-2-1-3-8-20/h4-6,15-16,22H,1-3,7-11H2/t15-,16-/m1/s1. The molecule has 0 saturated carbocycles. The minimum atomic E-state index is -0.534. The van der Waals surface area contributed by atoms with Crippen LogP contribution in [0.4, 0.5) is 4.39 Å². The molecule has 4 nitrogen and oxygen atoms in total. The van der Waals surface area contributed by atoms with Gasteiger partial charge in [0.25, 0.3) is 0 Å². The van der Waals surface area contributed by atoms with Crippen LogP contribution in [0.3, 0.4) is 0 Å². The van der Waals surface area contributed by atoms with Gasteiger partial charge in [0.2, 0.25) is 5.91 Å². The molecule has 0 spiro atoms. The summed E-state index contributed by atoms with van der Waals surface area (Å²) in [6.07, 6.45) is 2.91. The molecule has 23 heavy (non-hydrogen) atoms. The van der Waals surface area contributed by atoms with Crippen molar-refractivity contribution in [1.82, 2.24) is 9.80 Å². The molecule has 0 aliphatic carbocycles. The number of rotatable bonds is 3. The van der Waals surface area contributed by atoms with Crippen molar-refractivity contribution in [3.63, 3.8) is 0 Å². The van der Waals surface area contributed by atoms with Crippen LogP contribution in [0.2, 0.25) is 5.02 Å². The van der Waals surface area contributed by atoms with Gasteiger partial charge in [-0.25, -0.2) is 4.39 Å². The number of amides is 1. The first kappa shape index (κ1) is 16.7. The van der Waals surface area contributed by atoms with Gasteiger partial charge in [0.1, 0.15) is 5.82 Å². The number of β-amino-alcohol motifs (C(OH)–C–C–N with tert-alkyl or cyclic N) is 1. The first-order chi connectivity index (χ1) is 11.1. The van der Waals surface area contributed by atoms with Crippen LogP contribution in [0.15, 0.2) is 18.2 Å². The van der Waals surface area contributed by atoms with Gasteiger partial charge in [0.15, 0.2) is 0 Å². The van der Waals surface area contributed by atoms with Crippen molar-refractivity contribution < 1.29 is 14.3 Å². The predicted octanol–water partition coefficient (Wildman–Crippen LogP) is 2.08. The molecule has 2 aliphatic rings. The molecule has 2 fully saturated rings. The van der Waals surface area contributed by atoms with E-state index >= 15 is 0 Å². The van der Waals surface area contributed by atoms with E-state index in [4.69, 9.17) is 11.6 Å². The van der Waals surface area contributed by atoms with Gasteiger partial charge in [0, 0.05) is 23.7 Å². The Kier molecular flexibility index (Phi) is 5.19. The third-order valence-corrected chi connectivity index (χ3v) is 5.22. The summed E-state index contributed by atoms with van der Waals surface area (Å²) in [5.41, 5.74) is 0.232. The number of likely N-dealkylation sites (tertiary alicyclic amines) is 2. The molecule has 1 amide bonds. The Labute approximate surface area is 140 Å². The molecule has 0 bridgehead atoms. The zero-order valence-electron chi connectivity index (χ0n) is 13.0. The number of nitrogens with zero attached hydrogens (tertiary/aromatic N) is 2. The van der Waals surface area contributed by atoms with Gasteiger partial charge < -0.3 is 10.0 Å². The van der Waals surface area contributed by atoms with Crippen LogP contribution in [-0.2, 0) is 11.2 Å². The first-order valence-electron chi connectivity index (χ1n) is 8.19. The number of hydrogen-bond acceptors (Lipinski definition) is 3. The summed E-state index contributed by atoms with van der Waals surface area (Å²) in [4.78, 5) is 16.4. The van der Waals surface area contributed by atoms with E-state index in [1.165, 1.54) is 18.6 Å². The molecule has 1 aromatic carbocycles. The molecule has 2 aliphatic heterocycles. The zero-order chi connectivity index (χ0) is 16.4. The van der Waals surface area contributed by atoms with E-state index in [0.717, 1.165) is 25.9 Å². The molecule has 2 atom stereocenters. The quantitative estimate of drug-likeness (QED) is 0.916. The summed E-state index contributed by atoms with van der Waals surface area (Å²) >= 11 is 5.99. The van der Waals surface area contributed by atoms with Crippen molar-refractivity contribution in [2.45, 2.75) is 37.8 Å². The Morgan fingerprint density at radius 2 is 2.00 bits per heavy atom. The maximum absolute atomic E-state index is 13.8. The highest BCUT2D eigenvalue weighted by Gasteiger charge is 2.38. The number of hydrogen-bond donors (Lipinski definition) is 1. The van der Waals surface area contributed by atoms with Gasteiger partial charge in [-0.2, -0.15) is 0 Å². The molecule has 6 heteroatoms. The Morgan fingerprint density at radius 3 is 2.70 bits per heavy atom. The largest absolute Gasteiger partial charge is 0.390 e. The number of piperidine rings is 1. The molecular formula is C17H22ClFN2O2. The summed E-state index contributed by atoms with van der Waals surface area (Å²) in [6.45, 7) is 2.77. The SMILES string of the molecule is O=C(Cc1c(F)cccc1Cl)N1C[C@@H](O)[C@H](N2CCCCC2)C1. The maximum atomic E-state index is 13.8. The lowest BCUT2D eigenvalue weighted by Gasteiger charge is -2.33. The van der Waals surface area contributed by atoms with E-state index in [0.29, 0.717) is 13.1 Å². The van der Waals surface area contributed by atoms with E-state index in [-0.39, 0.29) is 29.0 Å². The fourth-order valence-corrected chi connectivity index (χ4v) is 3.78. The normalized spacial score (nSPS) is 25.8. The Morgan fingerprint density at radius 1 is 1.26 bits per heavy atom. The summed E-state index contributed by atoms with van der Waals surface area (Å²) in [5.74, 6) is -0.645. The third kappa shape index (κ3) is 3.67. The molecule has 1 aromatic rings. The minimum Gasteiger partial charge on any atom is -0.390 e. The van der Waals surface area contributed by atoms with Crippen molar-refractivity contribution in [1.29, 1.82) is 0 Å². The summed E-state index contributed by atoms with van der Waals surface area (Å²) in [5, 5.41) is 10.6. The number of benzene rings is 1. The van der Waals surface area contributed by atoms with Crippen LogP contribution in [0.5, 0.6) is 0 Å². The van der Waals surface area contributed by atoms with Gasteiger partial charge in [-0.15, -0.1) is 0 Å². The van der Waals surface area contributed by atoms with Crippen LogP contribution in [0.1, 0.15) is 24.8 Å². The molecule has 2 saturated heterocycles. The number of carbonyl (C=O) groups is 1. The number of halogens is 2. The van der Waals surface area contributed by atoms with E-state index in [1.807, 2.05) is 0 Å². The van der Waals surface area contributed by atoms with Crippen molar-refractivity contribution in [2.24, 2.45) is 0 Å². The minimum absolute atomic E-state index is 0.00431. The lowest BCUT2D eigenvalue weighted by molar-refractivity contribution is -0.129. The molecule has 2 heterocycles. The topological polar surface area (TPSA) is 43.8 Å². The van der Waals surface area contributed by atoms with Crippen molar-refractivity contribution in [2.75, 3.05) is 26.2 Å². The van der Waals surface area contributed by atoms with E-state index < -0.39 is 11.9 Å². The fourth-order valence-electron chi connectivity index (χ4n) is 3.55. The van der Waals surface area contributed by atoms with Crippen LogP contribution in [0.25, 0.3) is 0 Å². The van der Waals surface area contributed by atoms with Crippen LogP contribution in [0, 0.1) is 5.82 Å². The molecular weight excluding hydrogens is 319 g/mol. The van der Waals surface area contributed by atoms with Gasteiger partial charge >= 0.3 is 0 Å². The molecule has 126 valence electrons. The van der Waals surface area contributed by atoms with Crippen LogP contribution in [-0.4, -0.2) is 59.1 Å². The second-order valence-electron chi connectivity index (χ2n) is 6.41. The first-order valence-corrected chi connectivity index (χ1v) is 8.57. The summed E-state index contributed by atoms with van der Waals surface area (Å²) in [7, 11) is 0. The second kappa shape index (κ2) is 7.16.